The molecule has 0 aliphatic rings. The van der Waals surface area contributed by atoms with Gasteiger partial charge in [-0.2, -0.15) is 0 Å². The first-order valence-corrected chi connectivity index (χ1v) is 7.52. The van der Waals surface area contributed by atoms with E-state index in [-0.39, 0.29) is 12.1 Å². The zero-order valence-electron chi connectivity index (χ0n) is 12.4. The van der Waals surface area contributed by atoms with Crippen LogP contribution in [0.1, 0.15) is 23.4 Å². The van der Waals surface area contributed by atoms with Crippen LogP contribution < -0.4 is 10.1 Å². The van der Waals surface area contributed by atoms with Crippen LogP contribution in [0.3, 0.4) is 0 Å². The van der Waals surface area contributed by atoms with Crippen molar-refractivity contribution in [1.29, 1.82) is 0 Å². The fraction of sp³-hybridized carbons (Fsp3) is 0.333. The number of aromatic nitrogens is 1. The number of nitrogens with one attached hydrogen (secondary N) is 1. The van der Waals surface area contributed by atoms with Gasteiger partial charge in [-0.05, 0) is 30.0 Å². The molecule has 1 unspecified atom stereocenters. The fourth-order valence-electron chi connectivity index (χ4n) is 1.87. The van der Waals surface area contributed by atoms with E-state index in [0.29, 0.717) is 12.4 Å². The molecule has 2 amide bonds. The maximum absolute atomic E-state index is 12.2. The maximum Gasteiger partial charge on any atom is 0.317 e. The van der Waals surface area contributed by atoms with Gasteiger partial charge in [-0.25, -0.2) is 9.78 Å². The second kappa shape index (κ2) is 7.08. The summed E-state index contributed by atoms with van der Waals surface area (Å²) in [4.78, 5) is 19.1. The van der Waals surface area contributed by atoms with E-state index in [9.17, 15) is 4.79 Å². The smallest absolute Gasteiger partial charge is 0.317 e. The molecule has 112 valence electrons. The second-order valence-corrected chi connectivity index (χ2v) is 5.65. The third-order valence-corrected chi connectivity index (χ3v) is 4.35. The normalized spacial score (nSPS) is 11.8. The average molecular weight is 305 g/mol. The number of hydrogen-bond acceptors (Lipinski definition) is 4. The van der Waals surface area contributed by atoms with Crippen molar-refractivity contribution in [3.8, 4) is 5.88 Å². The van der Waals surface area contributed by atoms with Crippen LogP contribution in [-0.2, 0) is 6.54 Å². The van der Waals surface area contributed by atoms with Crippen molar-refractivity contribution >= 4 is 17.4 Å². The predicted molar refractivity (Wildman–Crippen MR) is 83.5 cm³/mol. The van der Waals surface area contributed by atoms with Crippen molar-refractivity contribution in [3.63, 3.8) is 0 Å². The molecule has 0 aliphatic carbocycles. The lowest BCUT2D eigenvalue weighted by Gasteiger charge is -2.24. The summed E-state index contributed by atoms with van der Waals surface area (Å²) in [6.45, 7) is 2.46. The highest BCUT2D eigenvalue weighted by molar-refractivity contribution is 7.10. The Hall–Kier alpha value is -2.08. The van der Waals surface area contributed by atoms with E-state index in [2.05, 4.69) is 10.3 Å². The van der Waals surface area contributed by atoms with Crippen molar-refractivity contribution in [1.82, 2.24) is 15.2 Å². The topological polar surface area (TPSA) is 54.5 Å². The van der Waals surface area contributed by atoms with Crippen LogP contribution in [0.5, 0.6) is 5.88 Å². The molecular weight excluding hydrogens is 286 g/mol. The third kappa shape index (κ3) is 3.95. The van der Waals surface area contributed by atoms with Crippen LogP contribution in [0.2, 0.25) is 0 Å². The molecule has 0 saturated heterocycles. The SMILES string of the molecule is COc1cc(CNC(=O)N(C)C(C)c2cccs2)ccn1. The van der Waals surface area contributed by atoms with Crippen LogP contribution in [0, 0.1) is 0 Å². The Morgan fingerprint density at radius 2 is 2.33 bits per heavy atom. The highest BCUT2D eigenvalue weighted by Crippen LogP contribution is 2.23. The molecule has 2 heterocycles. The number of nitrogens with zero attached hydrogens (tertiary/aromatic N) is 2. The number of pyridine rings is 1. The van der Waals surface area contributed by atoms with Gasteiger partial charge in [-0.3, -0.25) is 0 Å². The number of rotatable bonds is 5. The van der Waals surface area contributed by atoms with Gasteiger partial charge in [0.1, 0.15) is 0 Å². The zero-order chi connectivity index (χ0) is 15.2. The minimum absolute atomic E-state index is 0.0528. The van der Waals surface area contributed by atoms with Crippen LogP contribution in [0.15, 0.2) is 35.8 Å². The van der Waals surface area contributed by atoms with Crippen molar-refractivity contribution in [3.05, 3.63) is 46.3 Å². The van der Waals surface area contributed by atoms with E-state index < -0.39 is 0 Å². The van der Waals surface area contributed by atoms with E-state index >= 15 is 0 Å². The highest BCUT2D eigenvalue weighted by Gasteiger charge is 2.17. The van der Waals surface area contributed by atoms with Crippen LogP contribution in [0.25, 0.3) is 0 Å². The van der Waals surface area contributed by atoms with Gasteiger partial charge in [-0.15, -0.1) is 11.3 Å². The molecule has 1 N–H and O–H groups in total. The molecule has 2 aromatic heterocycles. The summed E-state index contributed by atoms with van der Waals surface area (Å²) < 4.78 is 5.06. The number of amides is 2. The summed E-state index contributed by atoms with van der Waals surface area (Å²) >= 11 is 1.65. The summed E-state index contributed by atoms with van der Waals surface area (Å²) in [7, 11) is 3.37. The van der Waals surface area contributed by atoms with E-state index in [1.807, 2.05) is 36.6 Å². The second-order valence-electron chi connectivity index (χ2n) is 4.67. The molecule has 2 aromatic rings. The van der Waals surface area contributed by atoms with E-state index in [0.717, 1.165) is 5.56 Å². The lowest BCUT2D eigenvalue weighted by molar-refractivity contribution is 0.194. The van der Waals surface area contributed by atoms with E-state index in [4.69, 9.17) is 4.74 Å². The fourth-order valence-corrected chi connectivity index (χ4v) is 2.70. The number of thiophene rings is 1. The van der Waals surface area contributed by atoms with Crippen molar-refractivity contribution in [2.24, 2.45) is 0 Å². The number of urea groups is 1. The Balaban J connectivity index is 1.91. The summed E-state index contributed by atoms with van der Waals surface area (Å²) in [5, 5.41) is 4.92. The summed E-state index contributed by atoms with van der Waals surface area (Å²) in [5.74, 6) is 0.544. The molecule has 6 heteroatoms. The van der Waals surface area contributed by atoms with Crippen LogP contribution in [-0.4, -0.2) is 30.1 Å². The molecule has 21 heavy (non-hydrogen) atoms. The van der Waals surface area contributed by atoms with Gasteiger partial charge in [0.15, 0.2) is 0 Å². The molecule has 5 nitrogen and oxygen atoms in total. The zero-order valence-corrected chi connectivity index (χ0v) is 13.2. The standard InChI is InChI=1S/C15H19N3O2S/c1-11(13-5-4-8-21-13)18(2)15(19)17-10-12-6-7-16-14(9-12)20-3/h4-9,11H,10H2,1-3H3,(H,17,19). The van der Waals surface area contributed by atoms with Gasteiger partial charge in [0, 0.05) is 30.7 Å². The molecule has 2 rings (SSSR count). The maximum atomic E-state index is 12.2. The Bertz CT molecular complexity index is 586. The van der Waals surface area contributed by atoms with Crippen molar-refractivity contribution in [2.75, 3.05) is 14.2 Å². The summed E-state index contributed by atoms with van der Waals surface area (Å²) in [6, 6.07) is 7.64. The van der Waals surface area contributed by atoms with Crippen molar-refractivity contribution < 1.29 is 9.53 Å². The highest BCUT2D eigenvalue weighted by atomic mass is 32.1. The number of methoxy groups -OCH3 is 1. The van der Waals surface area contributed by atoms with E-state index in [1.165, 1.54) is 4.88 Å². The van der Waals surface area contributed by atoms with E-state index in [1.54, 1.807) is 36.6 Å². The van der Waals surface area contributed by atoms with Crippen LogP contribution >= 0.6 is 11.3 Å². The first kappa shape index (κ1) is 15.3. The molecule has 1 atom stereocenters. The Kier molecular flexibility index (Phi) is 5.16. The average Bonchev–Trinajstić information content (AvgIpc) is 3.05. The van der Waals surface area contributed by atoms with Gasteiger partial charge in [0.05, 0.1) is 13.2 Å². The van der Waals surface area contributed by atoms with Gasteiger partial charge >= 0.3 is 6.03 Å². The van der Waals surface area contributed by atoms with Crippen LogP contribution in [0.4, 0.5) is 4.79 Å². The molecule has 0 bridgehead atoms. The van der Waals surface area contributed by atoms with Gasteiger partial charge in [-0.1, -0.05) is 6.07 Å². The minimum atomic E-state index is -0.105. The Morgan fingerprint density at radius 1 is 1.52 bits per heavy atom. The minimum Gasteiger partial charge on any atom is -0.481 e. The predicted octanol–water partition coefficient (Wildman–Crippen LogP) is 3.05. The Labute approximate surface area is 128 Å². The first-order valence-electron chi connectivity index (χ1n) is 6.64. The molecule has 0 saturated carbocycles. The quantitative estimate of drug-likeness (QED) is 0.923. The van der Waals surface area contributed by atoms with Gasteiger partial charge in [0.25, 0.3) is 0 Å². The lowest BCUT2D eigenvalue weighted by Crippen LogP contribution is -2.38. The molecule has 0 aromatic carbocycles. The number of carbonyl (C=O) groups is 1. The van der Waals surface area contributed by atoms with Gasteiger partial charge in [0.2, 0.25) is 5.88 Å². The monoisotopic (exact) mass is 305 g/mol. The number of hydrogen-bond donors (Lipinski definition) is 1. The number of ether oxygens (including phenoxy) is 1. The molecule has 0 radical (unpaired) electrons. The molecule has 0 fully saturated rings. The van der Waals surface area contributed by atoms with Gasteiger partial charge < -0.3 is 15.0 Å². The molecule has 0 spiro atoms. The largest absolute Gasteiger partial charge is 0.481 e. The van der Waals surface area contributed by atoms with Crippen molar-refractivity contribution in [2.45, 2.75) is 19.5 Å². The summed E-state index contributed by atoms with van der Waals surface area (Å²) in [6.07, 6.45) is 1.66. The Morgan fingerprint density at radius 3 is 3.00 bits per heavy atom. The molecular formula is C15H19N3O2S. The summed E-state index contributed by atoms with van der Waals surface area (Å²) in [5.41, 5.74) is 0.951. The third-order valence-electron chi connectivity index (χ3n) is 3.31. The number of carbonyl (C=O) groups excluding carboxylic acids is 1. The lowest BCUT2D eigenvalue weighted by atomic mass is 10.2. The molecule has 0 aliphatic heterocycles. The first-order chi connectivity index (χ1) is 10.1.